The molecule has 1 aromatic heterocycles. The molecule has 0 bridgehead atoms. The second-order valence-electron chi connectivity index (χ2n) is 8.81. The number of amides is 2. The zero-order valence-corrected chi connectivity index (χ0v) is 16.9. The smallest absolute Gasteiger partial charge is 0.416 e. The lowest BCUT2D eigenvalue weighted by molar-refractivity contribution is 0.0292. The van der Waals surface area contributed by atoms with Gasteiger partial charge in [0.05, 0.1) is 11.2 Å². The van der Waals surface area contributed by atoms with E-state index < -0.39 is 17.2 Å². The standard InChI is InChI=1S/C19H28N4O4/c1-12-20-14(9-15(21-12)23-17(25)26-11-19(23,5)6)13-7-8-22(10-13)16(24)27-18(2,3)4/h9,13H,7-8,10-11H2,1-6H3. The number of rotatable bonds is 2. The molecule has 2 amide bonds. The Labute approximate surface area is 159 Å². The van der Waals surface area contributed by atoms with Gasteiger partial charge in [-0.2, -0.15) is 0 Å². The fourth-order valence-corrected chi connectivity index (χ4v) is 3.41. The molecule has 27 heavy (non-hydrogen) atoms. The average molecular weight is 376 g/mol. The Morgan fingerprint density at radius 2 is 2.04 bits per heavy atom. The predicted octanol–water partition coefficient (Wildman–Crippen LogP) is 3.24. The fraction of sp³-hybridized carbons (Fsp3) is 0.684. The molecule has 2 aliphatic heterocycles. The van der Waals surface area contributed by atoms with E-state index in [0.717, 1.165) is 12.1 Å². The molecule has 8 nitrogen and oxygen atoms in total. The van der Waals surface area contributed by atoms with E-state index in [1.165, 1.54) is 0 Å². The van der Waals surface area contributed by atoms with Gasteiger partial charge in [0.2, 0.25) is 0 Å². The summed E-state index contributed by atoms with van der Waals surface area (Å²) in [6, 6.07) is 1.84. The summed E-state index contributed by atoms with van der Waals surface area (Å²) >= 11 is 0. The van der Waals surface area contributed by atoms with Gasteiger partial charge in [-0.1, -0.05) is 0 Å². The number of hydrogen-bond acceptors (Lipinski definition) is 6. The molecule has 3 heterocycles. The van der Waals surface area contributed by atoms with E-state index in [0.29, 0.717) is 31.3 Å². The maximum absolute atomic E-state index is 12.3. The lowest BCUT2D eigenvalue weighted by Gasteiger charge is -2.27. The van der Waals surface area contributed by atoms with Gasteiger partial charge in [0.15, 0.2) is 0 Å². The van der Waals surface area contributed by atoms with Crippen molar-refractivity contribution in [1.29, 1.82) is 0 Å². The molecule has 1 unspecified atom stereocenters. The van der Waals surface area contributed by atoms with Crippen LogP contribution in [0, 0.1) is 6.92 Å². The molecule has 1 atom stereocenters. The zero-order chi connectivity index (χ0) is 20.0. The largest absolute Gasteiger partial charge is 0.447 e. The Morgan fingerprint density at radius 1 is 1.33 bits per heavy atom. The normalized spacial score (nSPS) is 22.1. The van der Waals surface area contributed by atoms with Crippen LogP contribution < -0.4 is 4.90 Å². The minimum atomic E-state index is -0.518. The summed E-state index contributed by atoms with van der Waals surface area (Å²) in [5.74, 6) is 1.22. The van der Waals surface area contributed by atoms with Gasteiger partial charge >= 0.3 is 12.2 Å². The van der Waals surface area contributed by atoms with Gasteiger partial charge < -0.3 is 14.4 Å². The third-order valence-corrected chi connectivity index (χ3v) is 4.67. The first-order valence-electron chi connectivity index (χ1n) is 9.27. The minimum absolute atomic E-state index is 0.0831. The Kier molecular flexibility index (Phi) is 4.78. The molecule has 1 aromatic rings. The van der Waals surface area contributed by atoms with Crippen molar-refractivity contribution in [3.8, 4) is 0 Å². The highest BCUT2D eigenvalue weighted by atomic mass is 16.6. The molecular formula is C19H28N4O4. The fourth-order valence-electron chi connectivity index (χ4n) is 3.41. The number of carbonyl (C=O) groups is 2. The number of likely N-dealkylation sites (tertiary alicyclic amines) is 1. The van der Waals surface area contributed by atoms with Gasteiger partial charge in [0.25, 0.3) is 0 Å². The first kappa shape index (κ1) is 19.4. The van der Waals surface area contributed by atoms with Crippen LogP contribution in [0.4, 0.5) is 15.4 Å². The second-order valence-corrected chi connectivity index (χ2v) is 8.81. The number of cyclic esters (lactones) is 1. The topological polar surface area (TPSA) is 84.9 Å². The van der Waals surface area contributed by atoms with Crippen molar-refractivity contribution < 1.29 is 19.1 Å². The quantitative estimate of drug-likeness (QED) is 0.788. The van der Waals surface area contributed by atoms with Gasteiger partial charge in [0, 0.05) is 25.1 Å². The molecule has 3 rings (SSSR count). The van der Waals surface area contributed by atoms with E-state index >= 15 is 0 Å². The van der Waals surface area contributed by atoms with Crippen LogP contribution >= 0.6 is 0 Å². The van der Waals surface area contributed by atoms with Gasteiger partial charge in [-0.25, -0.2) is 19.6 Å². The molecule has 0 spiro atoms. The van der Waals surface area contributed by atoms with Crippen molar-refractivity contribution in [1.82, 2.24) is 14.9 Å². The lowest BCUT2D eigenvalue weighted by atomic mass is 10.0. The second kappa shape index (κ2) is 6.65. The van der Waals surface area contributed by atoms with E-state index in [9.17, 15) is 9.59 Å². The van der Waals surface area contributed by atoms with Crippen molar-refractivity contribution in [2.45, 2.75) is 65.0 Å². The van der Waals surface area contributed by atoms with E-state index in [4.69, 9.17) is 9.47 Å². The molecule has 0 saturated carbocycles. The molecule has 0 aliphatic carbocycles. The number of anilines is 1. The molecule has 148 valence electrons. The number of carbonyl (C=O) groups excluding carboxylic acids is 2. The van der Waals surface area contributed by atoms with Crippen molar-refractivity contribution >= 4 is 18.0 Å². The number of hydrogen-bond donors (Lipinski definition) is 0. The van der Waals surface area contributed by atoms with Crippen molar-refractivity contribution in [3.05, 3.63) is 17.6 Å². The zero-order valence-electron chi connectivity index (χ0n) is 16.9. The molecule has 2 saturated heterocycles. The van der Waals surface area contributed by atoms with E-state index in [1.807, 2.05) is 47.6 Å². The summed E-state index contributed by atoms with van der Waals surface area (Å²) in [4.78, 5) is 36.8. The number of ether oxygens (including phenoxy) is 2. The van der Waals surface area contributed by atoms with Crippen LogP contribution in [0.1, 0.15) is 58.5 Å². The maximum Gasteiger partial charge on any atom is 0.416 e. The lowest BCUT2D eigenvalue weighted by Crippen LogP contribution is -2.42. The van der Waals surface area contributed by atoms with Gasteiger partial charge in [-0.15, -0.1) is 0 Å². The molecule has 2 aliphatic rings. The van der Waals surface area contributed by atoms with Crippen LogP contribution in [-0.4, -0.2) is 57.9 Å². The summed E-state index contributed by atoms with van der Waals surface area (Å²) in [7, 11) is 0. The molecule has 8 heteroatoms. The van der Waals surface area contributed by atoms with Crippen LogP contribution in [0.3, 0.4) is 0 Å². The molecule has 0 N–H and O–H groups in total. The third-order valence-electron chi connectivity index (χ3n) is 4.67. The van der Waals surface area contributed by atoms with Crippen molar-refractivity contribution in [2.75, 3.05) is 24.6 Å². The van der Waals surface area contributed by atoms with Gasteiger partial charge in [-0.3, -0.25) is 4.90 Å². The highest BCUT2D eigenvalue weighted by Crippen LogP contribution is 2.33. The van der Waals surface area contributed by atoms with Gasteiger partial charge in [0.1, 0.15) is 23.9 Å². The van der Waals surface area contributed by atoms with Crippen LogP contribution in [0.5, 0.6) is 0 Å². The Morgan fingerprint density at radius 3 is 2.63 bits per heavy atom. The summed E-state index contributed by atoms with van der Waals surface area (Å²) in [5, 5.41) is 0. The summed E-state index contributed by atoms with van der Waals surface area (Å²) < 4.78 is 10.7. The Balaban J connectivity index is 1.80. The first-order chi connectivity index (χ1) is 12.5. The van der Waals surface area contributed by atoms with Crippen LogP contribution in [0.25, 0.3) is 0 Å². The van der Waals surface area contributed by atoms with Gasteiger partial charge in [-0.05, 0) is 48.0 Å². The maximum atomic E-state index is 12.3. The number of aryl methyl sites for hydroxylation is 1. The van der Waals surface area contributed by atoms with Crippen LogP contribution in [-0.2, 0) is 9.47 Å². The summed E-state index contributed by atoms with van der Waals surface area (Å²) in [6.07, 6.45) is 0.0919. The number of aromatic nitrogens is 2. The molecule has 0 aromatic carbocycles. The van der Waals surface area contributed by atoms with Crippen LogP contribution in [0.15, 0.2) is 6.07 Å². The van der Waals surface area contributed by atoms with Crippen LogP contribution in [0.2, 0.25) is 0 Å². The molecule has 0 radical (unpaired) electrons. The predicted molar refractivity (Wildman–Crippen MR) is 99.8 cm³/mol. The molecule has 2 fully saturated rings. The highest BCUT2D eigenvalue weighted by molar-refractivity contribution is 5.90. The van der Waals surface area contributed by atoms with E-state index in [1.54, 1.807) is 9.80 Å². The van der Waals surface area contributed by atoms with E-state index in [2.05, 4.69) is 9.97 Å². The van der Waals surface area contributed by atoms with E-state index in [-0.39, 0.29) is 12.0 Å². The van der Waals surface area contributed by atoms with Crippen molar-refractivity contribution in [3.63, 3.8) is 0 Å². The Bertz CT molecular complexity index is 757. The first-order valence-corrected chi connectivity index (χ1v) is 9.27. The SMILES string of the molecule is Cc1nc(C2CCN(C(=O)OC(C)(C)C)C2)cc(N2C(=O)OCC2(C)C)n1. The summed E-state index contributed by atoms with van der Waals surface area (Å²) in [6.45, 7) is 12.7. The minimum Gasteiger partial charge on any atom is -0.447 e. The summed E-state index contributed by atoms with van der Waals surface area (Å²) in [5.41, 5.74) is -0.151. The average Bonchev–Trinajstić information content (AvgIpc) is 3.10. The Hall–Kier alpha value is -2.38. The molecular weight excluding hydrogens is 348 g/mol. The highest BCUT2D eigenvalue weighted by Gasteiger charge is 2.42. The third kappa shape index (κ3) is 4.14. The number of nitrogens with zero attached hydrogens (tertiary/aromatic N) is 4. The van der Waals surface area contributed by atoms with Crippen molar-refractivity contribution in [2.24, 2.45) is 0 Å². The monoisotopic (exact) mass is 376 g/mol.